The summed E-state index contributed by atoms with van der Waals surface area (Å²) < 4.78 is 34.4. The molecular formula is C19H20ClN5O4S. The second-order valence-corrected chi connectivity index (χ2v) is 8.72. The van der Waals surface area contributed by atoms with E-state index in [4.69, 9.17) is 16.3 Å². The highest BCUT2D eigenvalue weighted by atomic mass is 35.5. The van der Waals surface area contributed by atoms with Crippen LogP contribution in [0, 0.1) is 0 Å². The number of benzene rings is 2. The van der Waals surface area contributed by atoms with Crippen molar-refractivity contribution in [3.63, 3.8) is 0 Å². The smallest absolute Gasteiger partial charge is 0.255 e. The average molecular weight is 450 g/mol. The summed E-state index contributed by atoms with van der Waals surface area (Å²) in [5.41, 5.74) is 1.07. The third-order valence-corrected chi connectivity index (χ3v) is 5.89. The molecule has 30 heavy (non-hydrogen) atoms. The van der Waals surface area contributed by atoms with Crippen LogP contribution in [-0.4, -0.2) is 42.2 Å². The summed E-state index contributed by atoms with van der Waals surface area (Å²) in [4.78, 5) is 16.7. The molecule has 2 aromatic carbocycles. The third-order valence-electron chi connectivity index (χ3n) is 3.98. The number of nitrogens with zero attached hydrogens (tertiary/aromatic N) is 3. The molecule has 0 aliphatic rings. The van der Waals surface area contributed by atoms with Crippen molar-refractivity contribution < 1.29 is 17.9 Å². The Hall–Kier alpha value is -2.95. The van der Waals surface area contributed by atoms with Gasteiger partial charge >= 0.3 is 0 Å². The Morgan fingerprint density at radius 1 is 1.20 bits per heavy atom. The zero-order valence-corrected chi connectivity index (χ0v) is 18.0. The van der Waals surface area contributed by atoms with Crippen LogP contribution in [0.3, 0.4) is 0 Å². The van der Waals surface area contributed by atoms with Gasteiger partial charge < -0.3 is 10.1 Å². The number of aromatic nitrogens is 3. The van der Waals surface area contributed by atoms with Crippen molar-refractivity contribution in [1.82, 2.24) is 19.5 Å². The molecule has 0 atom stereocenters. The predicted octanol–water partition coefficient (Wildman–Crippen LogP) is 2.87. The number of anilines is 1. The molecule has 2 N–H and O–H groups in total. The maximum atomic E-state index is 12.9. The van der Waals surface area contributed by atoms with Gasteiger partial charge in [0.2, 0.25) is 10.0 Å². The molecule has 0 saturated carbocycles. The van der Waals surface area contributed by atoms with Crippen molar-refractivity contribution in [2.24, 2.45) is 0 Å². The second kappa shape index (κ2) is 8.82. The van der Waals surface area contributed by atoms with Gasteiger partial charge in [0.05, 0.1) is 18.5 Å². The first-order valence-electron chi connectivity index (χ1n) is 8.87. The molecule has 0 spiro atoms. The molecule has 0 aliphatic heterocycles. The molecule has 1 heterocycles. The number of ether oxygens (including phenoxy) is 1. The lowest BCUT2D eigenvalue weighted by atomic mass is 10.2. The Balaban J connectivity index is 1.98. The maximum absolute atomic E-state index is 12.9. The first-order chi connectivity index (χ1) is 14.2. The van der Waals surface area contributed by atoms with E-state index in [0.29, 0.717) is 16.4 Å². The predicted molar refractivity (Wildman–Crippen MR) is 113 cm³/mol. The van der Waals surface area contributed by atoms with Crippen LogP contribution in [0.2, 0.25) is 5.02 Å². The Morgan fingerprint density at radius 2 is 1.97 bits per heavy atom. The number of halogens is 1. The van der Waals surface area contributed by atoms with Gasteiger partial charge in [0, 0.05) is 16.6 Å². The van der Waals surface area contributed by atoms with E-state index in [0.717, 1.165) is 0 Å². The summed E-state index contributed by atoms with van der Waals surface area (Å²) in [6.45, 7) is 3.40. The van der Waals surface area contributed by atoms with E-state index in [9.17, 15) is 13.2 Å². The molecule has 0 radical (unpaired) electrons. The van der Waals surface area contributed by atoms with Gasteiger partial charge in [0.25, 0.3) is 5.91 Å². The SMILES string of the molecule is COc1ccc(C(=O)Nc2cc(Cl)ccc2-n2cncn2)cc1S(=O)(=O)NC(C)C. The number of methoxy groups -OCH3 is 1. The van der Waals surface area contributed by atoms with E-state index < -0.39 is 15.9 Å². The molecule has 1 aromatic heterocycles. The zero-order valence-electron chi connectivity index (χ0n) is 16.5. The number of nitrogens with one attached hydrogen (secondary N) is 2. The number of amides is 1. The van der Waals surface area contributed by atoms with E-state index in [1.807, 2.05) is 0 Å². The minimum Gasteiger partial charge on any atom is -0.495 e. The molecule has 0 fully saturated rings. The summed E-state index contributed by atoms with van der Waals surface area (Å²) in [5.74, 6) is -0.395. The van der Waals surface area contributed by atoms with Crippen LogP contribution in [0.25, 0.3) is 5.69 Å². The summed E-state index contributed by atoms with van der Waals surface area (Å²) in [7, 11) is -2.52. The minimum atomic E-state index is -3.88. The zero-order chi connectivity index (χ0) is 21.9. The highest BCUT2D eigenvalue weighted by Gasteiger charge is 2.23. The van der Waals surface area contributed by atoms with Gasteiger partial charge in [-0.1, -0.05) is 11.6 Å². The second-order valence-electron chi connectivity index (χ2n) is 6.60. The van der Waals surface area contributed by atoms with Gasteiger partial charge in [-0.05, 0) is 50.2 Å². The molecule has 0 unspecified atom stereocenters. The highest BCUT2D eigenvalue weighted by molar-refractivity contribution is 7.89. The van der Waals surface area contributed by atoms with Crippen LogP contribution in [0.1, 0.15) is 24.2 Å². The van der Waals surface area contributed by atoms with Crippen LogP contribution in [0.15, 0.2) is 53.9 Å². The van der Waals surface area contributed by atoms with Crippen LogP contribution in [0.4, 0.5) is 5.69 Å². The molecule has 9 nitrogen and oxygen atoms in total. The van der Waals surface area contributed by atoms with E-state index in [2.05, 4.69) is 20.1 Å². The van der Waals surface area contributed by atoms with Crippen molar-refractivity contribution in [1.29, 1.82) is 0 Å². The number of carbonyl (C=O) groups excluding carboxylic acids is 1. The van der Waals surface area contributed by atoms with Crippen molar-refractivity contribution in [2.75, 3.05) is 12.4 Å². The first-order valence-corrected chi connectivity index (χ1v) is 10.7. The summed E-state index contributed by atoms with van der Waals surface area (Å²) in [6, 6.07) is 8.75. The molecule has 0 bridgehead atoms. The monoisotopic (exact) mass is 449 g/mol. The molecule has 0 saturated heterocycles. The Labute approximate surface area is 179 Å². The van der Waals surface area contributed by atoms with Crippen molar-refractivity contribution in [3.8, 4) is 11.4 Å². The lowest BCUT2D eigenvalue weighted by Crippen LogP contribution is -2.30. The fourth-order valence-corrected chi connectivity index (χ4v) is 4.36. The van der Waals surface area contributed by atoms with Gasteiger partial charge in [0.15, 0.2) is 0 Å². The molecular weight excluding hydrogens is 430 g/mol. The fraction of sp³-hybridized carbons (Fsp3) is 0.211. The average Bonchev–Trinajstić information content (AvgIpc) is 3.21. The first kappa shape index (κ1) is 21.8. The summed E-state index contributed by atoms with van der Waals surface area (Å²) in [5, 5.41) is 7.22. The number of hydrogen-bond donors (Lipinski definition) is 2. The summed E-state index contributed by atoms with van der Waals surface area (Å²) in [6.07, 6.45) is 2.84. The van der Waals surface area contributed by atoms with Crippen LogP contribution in [-0.2, 0) is 10.0 Å². The number of carbonyl (C=O) groups is 1. The van der Waals surface area contributed by atoms with Gasteiger partial charge in [-0.25, -0.2) is 22.8 Å². The van der Waals surface area contributed by atoms with Gasteiger partial charge in [0.1, 0.15) is 23.3 Å². The number of hydrogen-bond acceptors (Lipinski definition) is 6. The van der Waals surface area contributed by atoms with Crippen LogP contribution < -0.4 is 14.8 Å². The van der Waals surface area contributed by atoms with Crippen molar-refractivity contribution >= 4 is 33.2 Å². The lowest BCUT2D eigenvalue weighted by molar-refractivity contribution is 0.102. The third kappa shape index (κ3) is 4.78. The van der Waals surface area contributed by atoms with Gasteiger partial charge in [-0.2, -0.15) is 5.10 Å². The van der Waals surface area contributed by atoms with Crippen molar-refractivity contribution in [2.45, 2.75) is 24.8 Å². The highest BCUT2D eigenvalue weighted by Crippen LogP contribution is 2.27. The lowest BCUT2D eigenvalue weighted by Gasteiger charge is -2.15. The van der Waals surface area contributed by atoms with Gasteiger partial charge in [-0.3, -0.25) is 4.79 Å². The summed E-state index contributed by atoms with van der Waals surface area (Å²) >= 11 is 6.08. The topological polar surface area (TPSA) is 115 Å². The largest absolute Gasteiger partial charge is 0.495 e. The molecule has 0 aliphatic carbocycles. The minimum absolute atomic E-state index is 0.129. The maximum Gasteiger partial charge on any atom is 0.255 e. The molecule has 158 valence electrons. The van der Waals surface area contributed by atoms with Crippen molar-refractivity contribution in [3.05, 3.63) is 59.6 Å². The van der Waals surface area contributed by atoms with Crippen LogP contribution >= 0.6 is 11.6 Å². The van der Waals surface area contributed by atoms with E-state index in [1.165, 1.54) is 42.6 Å². The van der Waals surface area contributed by atoms with E-state index >= 15 is 0 Å². The van der Waals surface area contributed by atoms with E-state index in [1.54, 1.807) is 32.0 Å². The number of rotatable bonds is 7. The Kier molecular flexibility index (Phi) is 6.40. The Bertz CT molecular complexity index is 1160. The molecule has 1 amide bonds. The Morgan fingerprint density at radius 3 is 2.60 bits per heavy atom. The molecule has 11 heteroatoms. The van der Waals surface area contributed by atoms with E-state index in [-0.39, 0.29) is 22.3 Å². The van der Waals surface area contributed by atoms with Gasteiger partial charge in [-0.15, -0.1) is 0 Å². The van der Waals surface area contributed by atoms with Crippen LogP contribution in [0.5, 0.6) is 5.75 Å². The standard InChI is InChI=1S/C19H20ClN5O4S/c1-12(2)24-30(27,28)18-8-13(4-7-17(18)29-3)19(26)23-15-9-14(20)5-6-16(15)25-11-21-10-22-25/h4-12,24H,1-3H3,(H,23,26). The normalized spacial score (nSPS) is 11.5. The fourth-order valence-electron chi connectivity index (χ4n) is 2.74. The number of sulfonamides is 1. The molecule has 3 aromatic rings. The quantitative estimate of drug-likeness (QED) is 0.573. The molecule has 3 rings (SSSR count).